The number of carbonyl (C=O) groups excluding carboxylic acids is 2. The molecule has 2 rings (SSSR count). The minimum Gasteiger partial charge on any atom is -0.480 e. The minimum absolute atomic E-state index is 0.0754. The largest absolute Gasteiger partial charge is 0.480 e. The zero-order valence-electron chi connectivity index (χ0n) is 15.1. The van der Waals surface area contributed by atoms with Crippen molar-refractivity contribution in [2.75, 3.05) is 5.32 Å². The first-order chi connectivity index (χ1) is 12.2. The second-order valence-corrected chi connectivity index (χ2v) is 6.05. The van der Waals surface area contributed by atoms with Gasteiger partial charge in [0, 0.05) is 25.0 Å². The molecule has 0 bridgehead atoms. The number of carbonyl (C=O) groups is 3. The molecular weight excluding hydrogens is 340 g/mol. The van der Waals surface area contributed by atoms with Crippen LogP contribution in [0.25, 0.3) is 0 Å². The van der Waals surface area contributed by atoms with Crippen LogP contribution in [0.4, 0.5) is 5.69 Å². The molecule has 2 aromatic rings. The van der Waals surface area contributed by atoms with Gasteiger partial charge in [0.2, 0.25) is 0 Å². The molecule has 2 amide bonds. The van der Waals surface area contributed by atoms with Gasteiger partial charge in [-0.15, -0.1) is 0 Å². The summed E-state index contributed by atoms with van der Waals surface area (Å²) in [6.45, 7) is 7.50. The topological polar surface area (TPSA) is 131 Å². The molecule has 1 atom stereocenters. The van der Waals surface area contributed by atoms with Crippen molar-refractivity contribution in [3.63, 3.8) is 0 Å². The van der Waals surface area contributed by atoms with Crippen LogP contribution in [0.15, 0.2) is 18.6 Å². The maximum atomic E-state index is 12.4. The zero-order valence-corrected chi connectivity index (χ0v) is 15.1. The second kappa shape index (κ2) is 7.81. The van der Waals surface area contributed by atoms with E-state index in [4.69, 9.17) is 5.11 Å². The Kier molecular flexibility index (Phi) is 5.75. The Balaban J connectivity index is 2.22. The lowest BCUT2D eigenvalue weighted by Crippen LogP contribution is -2.31. The van der Waals surface area contributed by atoms with E-state index < -0.39 is 23.8 Å². The van der Waals surface area contributed by atoms with E-state index in [2.05, 4.69) is 20.8 Å². The predicted octanol–water partition coefficient (Wildman–Crippen LogP) is 1.14. The summed E-state index contributed by atoms with van der Waals surface area (Å²) in [5.41, 5.74) is 0.562. The first kappa shape index (κ1) is 19.2. The second-order valence-electron chi connectivity index (χ2n) is 6.05. The standard InChI is InChI=1S/C16H22N6O4/c1-5-21-8-12(13(20-21)15(24)18-9(2)3)19-14(23)11-6-17-22(7-11)10(4)16(25)26/h6-10H,5H2,1-4H3,(H,18,24)(H,19,23)(H,25,26). The van der Waals surface area contributed by atoms with Gasteiger partial charge >= 0.3 is 5.97 Å². The smallest absolute Gasteiger partial charge is 0.328 e. The Morgan fingerprint density at radius 1 is 1.19 bits per heavy atom. The third kappa shape index (κ3) is 4.26. The maximum Gasteiger partial charge on any atom is 0.328 e. The van der Waals surface area contributed by atoms with Crippen molar-refractivity contribution in [1.29, 1.82) is 0 Å². The van der Waals surface area contributed by atoms with Gasteiger partial charge in [0.15, 0.2) is 5.69 Å². The van der Waals surface area contributed by atoms with Crippen molar-refractivity contribution >= 4 is 23.5 Å². The zero-order chi connectivity index (χ0) is 19.4. The molecule has 0 aliphatic heterocycles. The van der Waals surface area contributed by atoms with Crippen LogP contribution in [0.1, 0.15) is 54.6 Å². The van der Waals surface area contributed by atoms with Gasteiger partial charge in [0.1, 0.15) is 6.04 Å². The Morgan fingerprint density at radius 2 is 1.88 bits per heavy atom. The Bertz CT molecular complexity index is 823. The van der Waals surface area contributed by atoms with Gasteiger partial charge in [-0.1, -0.05) is 0 Å². The Morgan fingerprint density at radius 3 is 2.46 bits per heavy atom. The number of nitrogens with one attached hydrogen (secondary N) is 2. The molecule has 3 N–H and O–H groups in total. The maximum absolute atomic E-state index is 12.4. The fraction of sp³-hybridized carbons (Fsp3) is 0.438. The van der Waals surface area contributed by atoms with Gasteiger partial charge in [-0.2, -0.15) is 10.2 Å². The highest BCUT2D eigenvalue weighted by molar-refractivity contribution is 6.08. The number of carboxylic acid groups (broad SMARTS) is 1. The summed E-state index contributed by atoms with van der Waals surface area (Å²) in [6.07, 6.45) is 4.18. The van der Waals surface area contributed by atoms with Gasteiger partial charge in [-0.05, 0) is 27.7 Å². The van der Waals surface area contributed by atoms with Crippen LogP contribution in [0, 0.1) is 0 Å². The van der Waals surface area contributed by atoms with Crippen molar-refractivity contribution in [2.24, 2.45) is 0 Å². The molecule has 0 aromatic carbocycles. The van der Waals surface area contributed by atoms with E-state index >= 15 is 0 Å². The lowest BCUT2D eigenvalue weighted by molar-refractivity contribution is -0.140. The van der Waals surface area contributed by atoms with Crippen molar-refractivity contribution in [2.45, 2.75) is 46.3 Å². The summed E-state index contributed by atoms with van der Waals surface area (Å²) in [4.78, 5) is 35.7. The number of nitrogens with zero attached hydrogens (tertiary/aromatic N) is 4. The molecule has 1 unspecified atom stereocenters. The molecule has 0 saturated heterocycles. The average molecular weight is 362 g/mol. The van der Waals surface area contributed by atoms with E-state index in [0.717, 1.165) is 0 Å². The summed E-state index contributed by atoms with van der Waals surface area (Å²) in [7, 11) is 0. The van der Waals surface area contributed by atoms with Crippen LogP contribution >= 0.6 is 0 Å². The summed E-state index contributed by atoms with van der Waals surface area (Å²) < 4.78 is 2.72. The number of amides is 2. The van der Waals surface area contributed by atoms with E-state index in [9.17, 15) is 14.4 Å². The lowest BCUT2D eigenvalue weighted by atomic mass is 10.2. The molecule has 0 spiro atoms. The van der Waals surface area contributed by atoms with E-state index in [-0.39, 0.29) is 23.0 Å². The average Bonchev–Trinajstić information content (AvgIpc) is 3.20. The molecule has 2 heterocycles. The van der Waals surface area contributed by atoms with Gasteiger partial charge in [-0.3, -0.25) is 19.0 Å². The van der Waals surface area contributed by atoms with E-state index in [1.165, 1.54) is 24.0 Å². The minimum atomic E-state index is -1.06. The third-order valence-corrected chi connectivity index (χ3v) is 3.59. The highest BCUT2D eigenvalue weighted by Crippen LogP contribution is 2.16. The monoisotopic (exact) mass is 362 g/mol. The number of aliphatic carboxylic acids is 1. The van der Waals surface area contributed by atoms with Gasteiger partial charge in [-0.25, -0.2) is 4.79 Å². The van der Waals surface area contributed by atoms with E-state index in [1.807, 2.05) is 20.8 Å². The number of carboxylic acids is 1. The molecule has 0 saturated carbocycles. The lowest BCUT2D eigenvalue weighted by Gasteiger charge is -2.08. The molecule has 0 aliphatic carbocycles. The number of hydrogen-bond donors (Lipinski definition) is 3. The molecule has 2 aromatic heterocycles. The number of hydrogen-bond acceptors (Lipinski definition) is 5. The summed E-state index contributed by atoms with van der Waals surface area (Å²) in [5, 5.41) is 22.4. The fourth-order valence-electron chi connectivity index (χ4n) is 2.15. The summed E-state index contributed by atoms with van der Waals surface area (Å²) in [6, 6.07) is -0.972. The molecule has 10 heteroatoms. The number of rotatable bonds is 7. The highest BCUT2D eigenvalue weighted by Gasteiger charge is 2.21. The number of anilines is 1. The highest BCUT2D eigenvalue weighted by atomic mass is 16.4. The van der Waals surface area contributed by atoms with Crippen LogP contribution in [0.5, 0.6) is 0 Å². The van der Waals surface area contributed by atoms with Crippen LogP contribution in [-0.2, 0) is 11.3 Å². The van der Waals surface area contributed by atoms with Crippen LogP contribution in [0.2, 0.25) is 0 Å². The molecule has 0 fully saturated rings. The molecule has 0 aliphatic rings. The molecule has 0 radical (unpaired) electrons. The Labute approximate surface area is 150 Å². The van der Waals surface area contributed by atoms with Crippen LogP contribution < -0.4 is 10.6 Å². The SMILES string of the molecule is CCn1cc(NC(=O)c2cnn(C(C)C(=O)O)c2)c(C(=O)NC(C)C)n1. The van der Waals surface area contributed by atoms with Gasteiger partial charge in [0.25, 0.3) is 11.8 Å². The summed E-state index contributed by atoms with van der Waals surface area (Å²) >= 11 is 0. The first-order valence-electron chi connectivity index (χ1n) is 8.19. The van der Waals surface area contributed by atoms with Crippen molar-refractivity contribution in [3.8, 4) is 0 Å². The predicted molar refractivity (Wildman–Crippen MR) is 93.0 cm³/mol. The fourth-order valence-corrected chi connectivity index (χ4v) is 2.15. The van der Waals surface area contributed by atoms with Crippen molar-refractivity contribution < 1.29 is 19.5 Å². The molecule has 140 valence electrons. The van der Waals surface area contributed by atoms with Crippen LogP contribution in [-0.4, -0.2) is 48.5 Å². The third-order valence-electron chi connectivity index (χ3n) is 3.59. The first-order valence-corrected chi connectivity index (χ1v) is 8.19. The number of aryl methyl sites for hydroxylation is 1. The molecule has 10 nitrogen and oxygen atoms in total. The normalized spacial score (nSPS) is 12.0. The van der Waals surface area contributed by atoms with Crippen molar-refractivity contribution in [1.82, 2.24) is 24.9 Å². The van der Waals surface area contributed by atoms with E-state index in [1.54, 1.807) is 10.9 Å². The van der Waals surface area contributed by atoms with Crippen LogP contribution in [0.3, 0.4) is 0 Å². The molecule has 26 heavy (non-hydrogen) atoms. The van der Waals surface area contributed by atoms with Crippen molar-refractivity contribution in [3.05, 3.63) is 29.8 Å². The Hall–Kier alpha value is -3.17. The summed E-state index contributed by atoms with van der Waals surface area (Å²) in [5.74, 6) is -1.96. The van der Waals surface area contributed by atoms with Gasteiger partial charge < -0.3 is 15.7 Å². The quantitative estimate of drug-likeness (QED) is 0.677. The van der Waals surface area contributed by atoms with Gasteiger partial charge in [0.05, 0.1) is 17.4 Å². The molecular formula is C16H22N6O4. The van der Waals surface area contributed by atoms with E-state index in [0.29, 0.717) is 6.54 Å². The number of aromatic nitrogens is 4.